The zero-order valence-corrected chi connectivity index (χ0v) is 12.0. The van der Waals surface area contributed by atoms with Crippen molar-refractivity contribution in [2.24, 2.45) is 0 Å². The third-order valence-corrected chi connectivity index (χ3v) is 2.93. The minimum Gasteiger partial charge on any atom is -0.393 e. The van der Waals surface area contributed by atoms with Crippen molar-refractivity contribution in [3.05, 3.63) is 33.9 Å². The van der Waals surface area contributed by atoms with Gasteiger partial charge in [0.1, 0.15) is 11.3 Å². The quantitative estimate of drug-likeness (QED) is 0.480. The maximum absolute atomic E-state index is 12.3. The molecule has 0 fully saturated rings. The number of nitro groups is 1. The molecule has 0 aliphatic carbocycles. The Bertz CT molecular complexity index is 502. The van der Waals surface area contributed by atoms with E-state index in [0.717, 1.165) is 13.0 Å². The summed E-state index contributed by atoms with van der Waals surface area (Å²) < 4.78 is 0. The normalized spacial score (nSPS) is 10.6. The van der Waals surface area contributed by atoms with Gasteiger partial charge in [0, 0.05) is 13.6 Å². The minimum atomic E-state index is -0.615. The molecule has 110 valence electrons. The third kappa shape index (κ3) is 3.92. The van der Waals surface area contributed by atoms with Crippen molar-refractivity contribution in [3.63, 3.8) is 0 Å². The van der Waals surface area contributed by atoms with E-state index in [2.05, 4.69) is 0 Å². The van der Waals surface area contributed by atoms with Crippen LogP contribution in [0.3, 0.4) is 0 Å². The number of rotatable bonds is 6. The maximum atomic E-state index is 12.3. The fourth-order valence-electron chi connectivity index (χ4n) is 1.87. The number of nitrogens with zero attached hydrogens (tertiary/aromatic N) is 3. The van der Waals surface area contributed by atoms with Crippen LogP contribution in [-0.2, 0) is 0 Å². The molecule has 1 amide bonds. The number of para-hydroxylation sites is 1. The Morgan fingerprint density at radius 2 is 1.95 bits per heavy atom. The molecule has 7 heteroatoms. The monoisotopic (exact) mass is 280 g/mol. The highest BCUT2D eigenvalue weighted by molar-refractivity contribution is 6.00. The number of hydrogen-bond donors (Lipinski definition) is 1. The van der Waals surface area contributed by atoms with Crippen molar-refractivity contribution >= 4 is 17.3 Å². The lowest BCUT2D eigenvalue weighted by molar-refractivity contribution is -0.384. The number of benzene rings is 1. The van der Waals surface area contributed by atoms with E-state index in [9.17, 15) is 14.9 Å². The Hall–Kier alpha value is -2.15. The van der Waals surface area contributed by atoms with Gasteiger partial charge in [0.2, 0.25) is 0 Å². The van der Waals surface area contributed by atoms with Crippen LogP contribution in [0.2, 0.25) is 0 Å². The van der Waals surface area contributed by atoms with Gasteiger partial charge in [-0.05, 0) is 39.2 Å². The zero-order valence-electron chi connectivity index (χ0n) is 12.0. The highest BCUT2D eigenvalue weighted by Crippen LogP contribution is 2.26. The van der Waals surface area contributed by atoms with E-state index in [-0.39, 0.29) is 22.8 Å². The van der Waals surface area contributed by atoms with Gasteiger partial charge in [-0.25, -0.2) is 0 Å². The average molecular weight is 280 g/mol. The van der Waals surface area contributed by atoms with Gasteiger partial charge in [-0.1, -0.05) is 6.07 Å². The number of nitrogens with two attached hydrogens (primary N) is 1. The van der Waals surface area contributed by atoms with Crippen LogP contribution < -0.4 is 5.73 Å². The van der Waals surface area contributed by atoms with Crippen molar-refractivity contribution in [3.8, 4) is 0 Å². The Kier molecular flexibility index (Phi) is 5.45. The summed E-state index contributed by atoms with van der Waals surface area (Å²) in [5.41, 5.74) is 5.29. The van der Waals surface area contributed by atoms with Crippen molar-refractivity contribution in [1.29, 1.82) is 0 Å². The molecule has 0 aliphatic heterocycles. The van der Waals surface area contributed by atoms with Gasteiger partial charge in [-0.15, -0.1) is 0 Å². The summed E-state index contributed by atoms with van der Waals surface area (Å²) in [6.45, 7) is 1.37. The summed E-state index contributed by atoms with van der Waals surface area (Å²) in [4.78, 5) is 26.1. The summed E-state index contributed by atoms with van der Waals surface area (Å²) in [5, 5.41) is 11.0. The smallest absolute Gasteiger partial charge is 0.304 e. The second kappa shape index (κ2) is 6.85. The predicted octanol–water partition coefficient (Wildman–Crippen LogP) is 1.20. The standard InChI is InChI=1S/C13H20N4O3/c1-15(2)8-5-9-16(3)13(18)10-6-4-7-11(14)12(10)17(19)20/h4,6-7H,5,8-9,14H2,1-3H3. The summed E-state index contributed by atoms with van der Waals surface area (Å²) in [7, 11) is 5.53. The van der Waals surface area contributed by atoms with Gasteiger partial charge in [-0.2, -0.15) is 0 Å². The summed E-state index contributed by atoms with van der Waals surface area (Å²) in [5.74, 6) is -0.386. The first-order valence-corrected chi connectivity index (χ1v) is 6.27. The molecular formula is C13H20N4O3. The molecule has 0 spiro atoms. The molecule has 1 rings (SSSR count). The molecule has 0 saturated carbocycles. The number of amides is 1. The van der Waals surface area contributed by atoms with Gasteiger partial charge in [0.05, 0.1) is 4.92 Å². The fourth-order valence-corrected chi connectivity index (χ4v) is 1.87. The van der Waals surface area contributed by atoms with Gasteiger partial charge in [-0.3, -0.25) is 14.9 Å². The lowest BCUT2D eigenvalue weighted by Crippen LogP contribution is -2.30. The average Bonchev–Trinajstić information content (AvgIpc) is 2.36. The van der Waals surface area contributed by atoms with E-state index in [1.807, 2.05) is 19.0 Å². The topological polar surface area (TPSA) is 92.7 Å². The molecule has 20 heavy (non-hydrogen) atoms. The molecule has 1 aromatic carbocycles. The number of carbonyl (C=O) groups is 1. The van der Waals surface area contributed by atoms with Crippen LogP contribution in [0.25, 0.3) is 0 Å². The second-order valence-corrected chi connectivity index (χ2v) is 4.88. The number of hydrogen-bond acceptors (Lipinski definition) is 5. The van der Waals surface area contributed by atoms with Crippen LogP contribution in [0, 0.1) is 10.1 Å². The molecule has 0 heterocycles. The van der Waals surface area contributed by atoms with E-state index in [1.165, 1.54) is 17.0 Å². The second-order valence-electron chi connectivity index (χ2n) is 4.88. The first kappa shape index (κ1) is 15.9. The Balaban J connectivity index is 2.87. The number of anilines is 1. The number of nitrogen functional groups attached to an aromatic ring is 1. The van der Waals surface area contributed by atoms with Crippen LogP contribution in [0.4, 0.5) is 11.4 Å². The SMILES string of the molecule is CN(C)CCCN(C)C(=O)c1cccc(N)c1[N+](=O)[O-]. The van der Waals surface area contributed by atoms with Crippen molar-refractivity contribution in [2.75, 3.05) is 40.0 Å². The Morgan fingerprint density at radius 3 is 2.50 bits per heavy atom. The van der Waals surface area contributed by atoms with Crippen molar-refractivity contribution < 1.29 is 9.72 Å². The third-order valence-electron chi connectivity index (χ3n) is 2.93. The first-order valence-electron chi connectivity index (χ1n) is 6.27. The molecule has 0 saturated heterocycles. The molecule has 0 radical (unpaired) electrons. The summed E-state index contributed by atoms with van der Waals surface area (Å²) in [6, 6.07) is 4.39. The highest BCUT2D eigenvalue weighted by atomic mass is 16.6. The van der Waals surface area contributed by atoms with Crippen LogP contribution in [0.1, 0.15) is 16.8 Å². The number of nitro benzene ring substituents is 1. The van der Waals surface area contributed by atoms with E-state index < -0.39 is 4.92 Å². The van der Waals surface area contributed by atoms with Crippen molar-refractivity contribution in [1.82, 2.24) is 9.80 Å². The predicted molar refractivity (Wildman–Crippen MR) is 77.6 cm³/mol. The largest absolute Gasteiger partial charge is 0.393 e. The maximum Gasteiger partial charge on any atom is 0.304 e. The van der Waals surface area contributed by atoms with Crippen molar-refractivity contribution in [2.45, 2.75) is 6.42 Å². The van der Waals surface area contributed by atoms with E-state index in [4.69, 9.17) is 5.73 Å². The lowest BCUT2D eigenvalue weighted by Gasteiger charge is -2.18. The van der Waals surface area contributed by atoms with Crippen LogP contribution >= 0.6 is 0 Å². The van der Waals surface area contributed by atoms with Gasteiger partial charge in [0.25, 0.3) is 5.91 Å². The van der Waals surface area contributed by atoms with E-state index >= 15 is 0 Å². The van der Waals surface area contributed by atoms with E-state index in [1.54, 1.807) is 13.1 Å². The summed E-state index contributed by atoms with van der Waals surface area (Å²) in [6.07, 6.45) is 0.797. The Labute approximate surface area is 118 Å². The van der Waals surface area contributed by atoms with Gasteiger partial charge >= 0.3 is 5.69 Å². The molecule has 2 N–H and O–H groups in total. The molecule has 1 aromatic rings. The Morgan fingerprint density at radius 1 is 1.30 bits per heavy atom. The molecule has 0 unspecified atom stereocenters. The fraction of sp³-hybridized carbons (Fsp3) is 0.462. The molecule has 7 nitrogen and oxygen atoms in total. The summed E-state index contributed by atoms with van der Waals surface area (Å²) >= 11 is 0. The molecule has 0 aromatic heterocycles. The van der Waals surface area contributed by atoms with Crippen LogP contribution in [-0.4, -0.2) is 54.9 Å². The van der Waals surface area contributed by atoms with Gasteiger partial charge in [0.15, 0.2) is 0 Å². The highest BCUT2D eigenvalue weighted by Gasteiger charge is 2.25. The number of carbonyl (C=O) groups excluding carboxylic acids is 1. The van der Waals surface area contributed by atoms with Crippen LogP contribution in [0.5, 0.6) is 0 Å². The van der Waals surface area contributed by atoms with Crippen LogP contribution in [0.15, 0.2) is 18.2 Å². The molecule has 0 bridgehead atoms. The first-order chi connectivity index (χ1) is 9.34. The lowest BCUT2D eigenvalue weighted by atomic mass is 10.1. The molecule has 0 atom stereocenters. The van der Waals surface area contributed by atoms with Gasteiger partial charge < -0.3 is 15.5 Å². The molecular weight excluding hydrogens is 260 g/mol. The zero-order chi connectivity index (χ0) is 15.3. The van der Waals surface area contributed by atoms with E-state index in [0.29, 0.717) is 6.54 Å². The molecule has 0 aliphatic rings. The minimum absolute atomic E-state index is 0.00235.